The Bertz CT molecular complexity index is 471. The maximum atomic E-state index is 8.62. The summed E-state index contributed by atoms with van der Waals surface area (Å²) in [4.78, 5) is 0. The fourth-order valence-corrected chi connectivity index (χ4v) is 2.45. The van der Waals surface area contributed by atoms with Gasteiger partial charge in [-0.1, -0.05) is 67.1 Å². The van der Waals surface area contributed by atoms with Crippen LogP contribution >= 0.6 is 0 Å². The van der Waals surface area contributed by atoms with E-state index in [2.05, 4.69) is 66.7 Å². The first-order valence-corrected chi connectivity index (χ1v) is 6.88. The van der Waals surface area contributed by atoms with Crippen LogP contribution < -0.4 is 0 Å². The lowest BCUT2D eigenvalue weighted by atomic mass is 9.87. The summed E-state index contributed by atoms with van der Waals surface area (Å²) in [6.45, 7) is 0. The van der Waals surface area contributed by atoms with Gasteiger partial charge in [0.1, 0.15) is 0 Å². The van der Waals surface area contributed by atoms with E-state index in [1.165, 1.54) is 11.1 Å². The molecule has 0 saturated heterocycles. The predicted molar refractivity (Wildman–Crippen MR) is 78.8 cm³/mol. The lowest BCUT2D eigenvalue weighted by Crippen LogP contribution is -2.01. The maximum Gasteiger partial charge on any atom is 0.0621 e. The van der Waals surface area contributed by atoms with Gasteiger partial charge in [-0.25, -0.2) is 0 Å². The second-order valence-electron chi connectivity index (χ2n) is 4.78. The zero-order chi connectivity index (χ0) is 13.3. The first-order valence-electron chi connectivity index (χ1n) is 6.88. The third-order valence-corrected chi connectivity index (χ3v) is 3.44. The molecule has 0 heterocycles. The zero-order valence-corrected chi connectivity index (χ0v) is 11.1. The Balaban J connectivity index is 2.13. The van der Waals surface area contributed by atoms with Crippen LogP contribution in [-0.2, 0) is 0 Å². The molecule has 0 unspecified atom stereocenters. The summed E-state index contributed by atoms with van der Waals surface area (Å²) in [5, 5.41) is 8.62. The summed E-state index contributed by atoms with van der Waals surface area (Å²) >= 11 is 0. The number of unbranched alkanes of at least 4 members (excludes halogenated alkanes) is 2. The lowest BCUT2D eigenvalue weighted by molar-refractivity contribution is 0.633. The molecule has 0 fully saturated rings. The number of hydrogen-bond donors (Lipinski definition) is 0. The van der Waals surface area contributed by atoms with Gasteiger partial charge >= 0.3 is 0 Å². The average molecular weight is 249 g/mol. The molecule has 0 N–H and O–H groups in total. The van der Waals surface area contributed by atoms with E-state index in [0.29, 0.717) is 12.3 Å². The van der Waals surface area contributed by atoms with Crippen LogP contribution in [0.15, 0.2) is 60.7 Å². The lowest BCUT2D eigenvalue weighted by Gasteiger charge is -2.17. The van der Waals surface area contributed by atoms with Gasteiger partial charge < -0.3 is 0 Å². The van der Waals surface area contributed by atoms with E-state index >= 15 is 0 Å². The minimum Gasteiger partial charge on any atom is -0.198 e. The van der Waals surface area contributed by atoms with Crippen LogP contribution in [0.5, 0.6) is 0 Å². The number of hydrogen-bond acceptors (Lipinski definition) is 1. The monoisotopic (exact) mass is 249 g/mol. The van der Waals surface area contributed by atoms with Crippen molar-refractivity contribution >= 4 is 0 Å². The van der Waals surface area contributed by atoms with Crippen molar-refractivity contribution in [3.05, 3.63) is 71.8 Å². The molecule has 0 radical (unpaired) electrons. The van der Waals surface area contributed by atoms with Crippen LogP contribution in [0.25, 0.3) is 0 Å². The van der Waals surface area contributed by atoms with E-state index in [9.17, 15) is 0 Å². The topological polar surface area (TPSA) is 23.8 Å². The molecule has 0 amide bonds. The third-order valence-electron chi connectivity index (χ3n) is 3.44. The largest absolute Gasteiger partial charge is 0.198 e. The molecule has 1 nitrogen and oxygen atoms in total. The van der Waals surface area contributed by atoms with E-state index in [4.69, 9.17) is 5.26 Å². The maximum absolute atomic E-state index is 8.62. The van der Waals surface area contributed by atoms with Crippen LogP contribution in [-0.4, -0.2) is 0 Å². The van der Waals surface area contributed by atoms with Gasteiger partial charge in [-0.2, -0.15) is 5.26 Å². The molecular formula is C18H19N. The molecule has 19 heavy (non-hydrogen) atoms. The standard InChI is InChI=1S/C18H19N/c19-15-9-3-8-14-18(16-10-4-1-5-11-16)17-12-6-2-7-13-17/h1-2,4-7,10-13,18H,3,8-9,14H2. The van der Waals surface area contributed by atoms with E-state index < -0.39 is 0 Å². The highest BCUT2D eigenvalue weighted by Crippen LogP contribution is 2.29. The molecule has 0 bridgehead atoms. The van der Waals surface area contributed by atoms with Crippen molar-refractivity contribution in [2.45, 2.75) is 31.6 Å². The van der Waals surface area contributed by atoms with Crippen molar-refractivity contribution < 1.29 is 0 Å². The molecule has 2 aromatic carbocycles. The smallest absolute Gasteiger partial charge is 0.0621 e. The number of nitrogens with zero attached hydrogens (tertiary/aromatic N) is 1. The minimum atomic E-state index is 0.445. The predicted octanol–water partition coefficient (Wildman–Crippen LogP) is 4.90. The Kier molecular flexibility index (Phi) is 5.19. The van der Waals surface area contributed by atoms with Crippen LogP contribution in [0.4, 0.5) is 0 Å². The summed E-state index contributed by atoms with van der Waals surface area (Å²) in [6.07, 6.45) is 3.86. The summed E-state index contributed by atoms with van der Waals surface area (Å²) in [7, 11) is 0. The second-order valence-corrected chi connectivity index (χ2v) is 4.78. The van der Waals surface area contributed by atoms with Gasteiger partial charge in [0.15, 0.2) is 0 Å². The summed E-state index contributed by atoms with van der Waals surface area (Å²) < 4.78 is 0. The summed E-state index contributed by atoms with van der Waals surface area (Å²) in [5.41, 5.74) is 2.73. The Morgan fingerprint density at radius 2 is 1.32 bits per heavy atom. The fraction of sp³-hybridized carbons (Fsp3) is 0.278. The Morgan fingerprint density at radius 3 is 1.79 bits per heavy atom. The molecular weight excluding hydrogens is 230 g/mol. The minimum absolute atomic E-state index is 0.445. The number of benzene rings is 2. The molecule has 96 valence electrons. The van der Waals surface area contributed by atoms with E-state index in [-0.39, 0.29) is 0 Å². The SMILES string of the molecule is N#CCCCCC(c1ccccc1)c1ccccc1. The third kappa shape index (κ3) is 3.96. The molecule has 2 aromatic rings. The quantitative estimate of drug-likeness (QED) is 0.668. The molecule has 0 aliphatic heterocycles. The number of rotatable bonds is 6. The van der Waals surface area contributed by atoms with Gasteiger partial charge in [-0.3, -0.25) is 0 Å². The highest BCUT2D eigenvalue weighted by Gasteiger charge is 2.12. The zero-order valence-electron chi connectivity index (χ0n) is 11.1. The second kappa shape index (κ2) is 7.38. The van der Waals surface area contributed by atoms with Gasteiger partial charge in [0.05, 0.1) is 6.07 Å². The highest BCUT2D eigenvalue weighted by molar-refractivity contribution is 5.32. The van der Waals surface area contributed by atoms with Crippen LogP contribution in [0.1, 0.15) is 42.7 Å². The van der Waals surface area contributed by atoms with E-state index in [1.54, 1.807) is 0 Å². The number of nitriles is 1. The van der Waals surface area contributed by atoms with Gasteiger partial charge in [0.2, 0.25) is 0 Å². The Morgan fingerprint density at radius 1 is 0.789 bits per heavy atom. The molecule has 1 heteroatoms. The highest BCUT2D eigenvalue weighted by atomic mass is 14.2. The Hall–Kier alpha value is -2.07. The first-order chi connectivity index (χ1) is 9.42. The van der Waals surface area contributed by atoms with Gasteiger partial charge in [-0.15, -0.1) is 0 Å². The molecule has 0 aliphatic carbocycles. The van der Waals surface area contributed by atoms with Crippen molar-refractivity contribution in [1.82, 2.24) is 0 Å². The fourth-order valence-electron chi connectivity index (χ4n) is 2.45. The molecule has 0 aliphatic rings. The summed E-state index contributed by atoms with van der Waals surface area (Å²) in [5.74, 6) is 0.445. The van der Waals surface area contributed by atoms with Gasteiger partial charge in [0, 0.05) is 12.3 Å². The molecule has 0 aromatic heterocycles. The van der Waals surface area contributed by atoms with Crippen molar-refractivity contribution in [1.29, 1.82) is 5.26 Å². The normalized spacial score (nSPS) is 10.3. The molecule has 2 rings (SSSR count). The molecule has 0 spiro atoms. The van der Waals surface area contributed by atoms with Gasteiger partial charge in [-0.05, 0) is 24.0 Å². The molecule has 0 saturated carbocycles. The van der Waals surface area contributed by atoms with E-state index in [1.807, 2.05) is 0 Å². The van der Waals surface area contributed by atoms with Crippen LogP contribution in [0, 0.1) is 11.3 Å². The van der Waals surface area contributed by atoms with E-state index in [0.717, 1.165) is 19.3 Å². The van der Waals surface area contributed by atoms with Crippen molar-refractivity contribution in [3.63, 3.8) is 0 Å². The van der Waals surface area contributed by atoms with Crippen molar-refractivity contribution in [3.8, 4) is 6.07 Å². The molecule has 0 atom stereocenters. The van der Waals surface area contributed by atoms with Crippen molar-refractivity contribution in [2.24, 2.45) is 0 Å². The van der Waals surface area contributed by atoms with Crippen molar-refractivity contribution in [2.75, 3.05) is 0 Å². The van der Waals surface area contributed by atoms with Crippen LogP contribution in [0.2, 0.25) is 0 Å². The van der Waals surface area contributed by atoms with Gasteiger partial charge in [0.25, 0.3) is 0 Å². The van der Waals surface area contributed by atoms with Crippen LogP contribution in [0.3, 0.4) is 0 Å². The first kappa shape index (κ1) is 13.4. The Labute approximate surface area is 115 Å². The average Bonchev–Trinajstić information content (AvgIpc) is 2.49. The summed E-state index contributed by atoms with van der Waals surface area (Å²) in [6, 6.07) is 23.5.